The minimum absolute atomic E-state index is 0.237. The standard InChI is InChI=1S/C23H23NO3S/c1-16-10-11-17(2)20(15-16)24-23(26)22(18-7-4-3-5-8-18)27-21(25)13-12-19-9-6-14-28-19/h3-11,14-15,22H,12-13H2,1-2H3,(H,24,26)/t22-/m0/s1. The molecular weight excluding hydrogens is 370 g/mol. The lowest BCUT2D eigenvalue weighted by atomic mass is 10.1. The number of carbonyl (C=O) groups is 2. The van der Waals surface area contributed by atoms with E-state index < -0.39 is 12.1 Å². The molecule has 144 valence electrons. The van der Waals surface area contributed by atoms with Crippen molar-refractivity contribution in [1.29, 1.82) is 0 Å². The first kappa shape index (κ1) is 19.8. The van der Waals surface area contributed by atoms with Crippen LogP contribution in [-0.4, -0.2) is 11.9 Å². The van der Waals surface area contributed by atoms with Crippen LogP contribution in [0.1, 0.15) is 34.1 Å². The van der Waals surface area contributed by atoms with Gasteiger partial charge in [-0.25, -0.2) is 0 Å². The van der Waals surface area contributed by atoms with Gasteiger partial charge in [0.15, 0.2) is 0 Å². The fourth-order valence-corrected chi connectivity index (χ4v) is 3.55. The lowest BCUT2D eigenvalue weighted by Gasteiger charge is -2.19. The summed E-state index contributed by atoms with van der Waals surface area (Å²) < 4.78 is 5.59. The monoisotopic (exact) mass is 393 g/mol. The van der Waals surface area contributed by atoms with Gasteiger partial charge in [0.1, 0.15) is 0 Å². The Morgan fingerprint density at radius 3 is 2.54 bits per heavy atom. The van der Waals surface area contributed by atoms with Crippen LogP contribution in [-0.2, 0) is 20.7 Å². The Hall–Kier alpha value is -2.92. The average Bonchev–Trinajstić information content (AvgIpc) is 3.21. The highest BCUT2D eigenvalue weighted by atomic mass is 32.1. The summed E-state index contributed by atoms with van der Waals surface area (Å²) in [7, 11) is 0. The molecule has 3 aromatic rings. The molecule has 1 aromatic heterocycles. The third-order valence-electron chi connectivity index (χ3n) is 4.40. The number of amides is 1. The first-order chi connectivity index (χ1) is 13.5. The Labute approximate surface area is 169 Å². The highest BCUT2D eigenvalue weighted by molar-refractivity contribution is 7.09. The fraction of sp³-hybridized carbons (Fsp3) is 0.217. The summed E-state index contributed by atoms with van der Waals surface area (Å²) in [4.78, 5) is 26.5. The molecule has 4 nitrogen and oxygen atoms in total. The highest BCUT2D eigenvalue weighted by Crippen LogP contribution is 2.23. The summed E-state index contributed by atoms with van der Waals surface area (Å²) in [5, 5.41) is 4.89. The van der Waals surface area contributed by atoms with Gasteiger partial charge in [-0.3, -0.25) is 9.59 Å². The maximum Gasteiger partial charge on any atom is 0.307 e. The van der Waals surface area contributed by atoms with Gasteiger partial charge in [0.2, 0.25) is 6.10 Å². The molecule has 28 heavy (non-hydrogen) atoms. The van der Waals surface area contributed by atoms with Gasteiger partial charge in [-0.15, -0.1) is 11.3 Å². The van der Waals surface area contributed by atoms with Crippen LogP contribution in [0.3, 0.4) is 0 Å². The van der Waals surface area contributed by atoms with Gasteiger partial charge >= 0.3 is 5.97 Å². The number of rotatable bonds is 7. The van der Waals surface area contributed by atoms with Gasteiger partial charge < -0.3 is 10.1 Å². The Morgan fingerprint density at radius 2 is 1.82 bits per heavy atom. The highest BCUT2D eigenvalue weighted by Gasteiger charge is 2.25. The molecule has 0 aliphatic carbocycles. The van der Waals surface area contributed by atoms with Crippen molar-refractivity contribution in [2.24, 2.45) is 0 Å². The molecule has 3 rings (SSSR count). The largest absolute Gasteiger partial charge is 0.447 e. The summed E-state index contributed by atoms with van der Waals surface area (Å²) in [6.07, 6.45) is -0.144. The summed E-state index contributed by atoms with van der Waals surface area (Å²) >= 11 is 1.60. The Bertz CT molecular complexity index is 936. The quantitative estimate of drug-likeness (QED) is 0.560. The van der Waals surface area contributed by atoms with E-state index >= 15 is 0 Å². The molecule has 0 unspecified atom stereocenters. The van der Waals surface area contributed by atoms with E-state index in [0.29, 0.717) is 12.0 Å². The average molecular weight is 394 g/mol. The summed E-state index contributed by atoms with van der Waals surface area (Å²) in [6.45, 7) is 3.90. The number of hydrogen-bond donors (Lipinski definition) is 1. The normalized spacial score (nSPS) is 11.6. The molecule has 0 fully saturated rings. The van der Waals surface area contributed by atoms with Crippen LogP contribution in [0.5, 0.6) is 0 Å². The second-order valence-electron chi connectivity index (χ2n) is 6.67. The Kier molecular flexibility index (Phi) is 6.61. The van der Waals surface area contributed by atoms with Gasteiger partial charge in [0.05, 0.1) is 6.42 Å². The Balaban J connectivity index is 1.74. The number of thiophene rings is 1. The van der Waals surface area contributed by atoms with Crippen molar-refractivity contribution >= 4 is 28.9 Å². The maximum absolute atomic E-state index is 13.0. The van der Waals surface area contributed by atoms with E-state index in [0.717, 1.165) is 21.7 Å². The van der Waals surface area contributed by atoms with Crippen molar-refractivity contribution in [2.75, 3.05) is 5.32 Å². The molecule has 1 amide bonds. The fourth-order valence-electron chi connectivity index (χ4n) is 2.84. The predicted molar refractivity (Wildman–Crippen MR) is 112 cm³/mol. The van der Waals surface area contributed by atoms with Gasteiger partial charge in [0, 0.05) is 16.1 Å². The lowest BCUT2D eigenvalue weighted by Crippen LogP contribution is -2.26. The SMILES string of the molecule is Cc1ccc(C)c(NC(=O)[C@@H](OC(=O)CCc2cccs2)c2ccccc2)c1. The zero-order valence-electron chi connectivity index (χ0n) is 16.0. The number of anilines is 1. The van der Waals surface area contributed by atoms with Gasteiger partial charge in [-0.1, -0.05) is 48.5 Å². The van der Waals surface area contributed by atoms with Crippen molar-refractivity contribution in [3.8, 4) is 0 Å². The second-order valence-corrected chi connectivity index (χ2v) is 7.70. The van der Waals surface area contributed by atoms with E-state index in [1.54, 1.807) is 23.5 Å². The molecule has 1 N–H and O–H groups in total. The first-order valence-electron chi connectivity index (χ1n) is 9.18. The maximum atomic E-state index is 13.0. The van der Waals surface area contributed by atoms with Crippen molar-refractivity contribution < 1.29 is 14.3 Å². The molecule has 0 saturated heterocycles. The number of esters is 1. The van der Waals surface area contributed by atoms with Gasteiger partial charge in [0.25, 0.3) is 5.91 Å². The molecule has 5 heteroatoms. The zero-order valence-corrected chi connectivity index (χ0v) is 16.8. The van der Waals surface area contributed by atoms with Crippen LogP contribution >= 0.6 is 11.3 Å². The van der Waals surface area contributed by atoms with Crippen molar-refractivity contribution in [3.05, 3.63) is 87.6 Å². The molecule has 0 saturated carbocycles. The third kappa shape index (κ3) is 5.30. The predicted octanol–water partition coefficient (Wildman–Crippen LogP) is 5.22. The Morgan fingerprint density at radius 1 is 1.04 bits per heavy atom. The number of ether oxygens (including phenoxy) is 1. The molecule has 0 aliphatic rings. The van der Waals surface area contributed by atoms with Crippen LogP contribution in [0.25, 0.3) is 0 Å². The number of aryl methyl sites for hydroxylation is 3. The molecule has 0 bridgehead atoms. The number of hydrogen-bond acceptors (Lipinski definition) is 4. The van der Waals surface area contributed by atoms with E-state index in [1.165, 1.54) is 0 Å². The minimum Gasteiger partial charge on any atom is -0.447 e. The van der Waals surface area contributed by atoms with E-state index in [-0.39, 0.29) is 12.3 Å². The number of carbonyl (C=O) groups excluding carboxylic acids is 2. The molecule has 1 atom stereocenters. The van der Waals surface area contributed by atoms with Crippen molar-refractivity contribution in [1.82, 2.24) is 0 Å². The van der Waals surface area contributed by atoms with E-state index in [4.69, 9.17) is 4.74 Å². The van der Waals surface area contributed by atoms with Crippen LogP contribution in [0, 0.1) is 13.8 Å². The van der Waals surface area contributed by atoms with Crippen LogP contribution < -0.4 is 5.32 Å². The topological polar surface area (TPSA) is 55.4 Å². The van der Waals surface area contributed by atoms with Crippen molar-refractivity contribution in [3.63, 3.8) is 0 Å². The molecular formula is C23H23NO3S. The van der Waals surface area contributed by atoms with Gasteiger partial charge in [-0.05, 0) is 48.9 Å². The third-order valence-corrected chi connectivity index (χ3v) is 5.33. The molecule has 1 heterocycles. The first-order valence-corrected chi connectivity index (χ1v) is 10.1. The molecule has 0 radical (unpaired) electrons. The summed E-state index contributed by atoms with van der Waals surface area (Å²) in [5.74, 6) is -0.747. The van der Waals surface area contributed by atoms with Crippen LogP contribution in [0.4, 0.5) is 5.69 Å². The molecule has 0 aliphatic heterocycles. The lowest BCUT2D eigenvalue weighted by molar-refractivity contribution is -0.154. The summed E-state index contributed by atoms with van der Waals surface area (Å²) in [5.41, 5.74) is 3.37. The molecule has 2 aromatic carbocycles. The molecule has 0 spiro atoms. The van der Waals surface area contributed by atoms with Gasteiger partial charge in [-0.2, -0.15) is 0 Å². The summed E-state index contributed by atoms with van der Waals surface area (Å²) in [6, 6.07) is 18.9. The minimum atomic E-state index is -0.989. The van der Waals surface area contributed by atoms with Crippen LogP contribution in [0.15, 0.2) is 66.0 Å². The number of benzene rings is 2. The van der Waals surface area contributed by atoms with Crippen LogP contribution in [0.2, 0.25) is 0 Å². The van der Waals surface area contributed by atoms with E-state index in [1.807, 2.05) is 67.8 Å². The zero-order chi connectivity index (χ0) is 19.9. The van der Waals surface area contributed by atoms with E-state index in [2.05, 4.69) is 5.32 Å². The van der Waals surface area contributed by atoms with E-state index in [9.17, 15) is 9.59 Å². The second kappa shape index (κ2) is 9.33. The number of nitrogens with one attached hydrogen (secondary N) is 1. The van der Waals surface area contributed by atoms with Crippen molar-refractivity contribution in [2.45, 2.75) is 32.8 Å². The smallest absolute Gasteiger partial charge is 0.307 e.